The third-order valence-electron chi connectivity index (χ3n) is 1.58. The molecule has 0 amide bonds. The number of rotatable bonds is 2. The molecule has 0 fully saturated rings. The molecule has 2 N–H and O–H groups in total. The second-order valence-electron chi connectivity index (χ2n) is 2.60. The van der Waals surface area contributed by atoms with Gasteiger partial charge in [-0.2, -0.15) is 8.42 Å². The summed E-state index contributed by atoms with van der Waals surface area (Å²) in [5.74, 6) is -1.04. The minimum atomic E-state index is -4.91. The molecule has 1 aromatic carbocycles. The van der Waals surface area contributed by atoms with Gasteiger partial charge in [0, 0.05) is 6.07 Å². The fraction of sp³-hybridized carbons (Fsp3) is 0. The van der Waals surface area contributed by atoms with E-state index in [1.54, 1.807) is 0 Å². The summed E-state index contributed by atoms with van der Waals surface area (Å²) < 4.78 is 30.4. The average Bonchev–Trinajstić information content (AvgIpc) is 2.08. The van der Waals surface area contributed by atoms with Gasteiger partial charge >= 0.3 is 0 Å². The van der Waals surface area contributed by atoms with E-state index in [0.717, 1.165) is 0 Å². The second kappa shape index (κ2) is 4.06. The van der Waals surface area contributed by atoms with Crippen LogP contribution in [0.2, 0.25) is 10.0 Å². The highest BCUT2D eigenvalue weighted by molar-refractivity contribution is 7.86. The van der Waals surface area contributed by atoms with Crippen LogP contribution in [0.1, 0.15) is 0 Å². The second-order valence-corrected chi connectivity index (χ2v) is 4.74. The fourth-order valence-electron chi connectivity index (χ4n) is 0.949. The molecule has 0 saturated heterocycles. The Kier molecular flexibility index (Phi) is 3.29. The fourth-order valence-corrected chi connectivity index (χ4v) is 2.39. The predicted octanol–water partition coefficient (Wildman–Crippen LogP) is 1.85. The van der Waals surface area contributed by atoms with Crippen LogP contribution in [0.4, 0.5) is 5.69 Å². The van der Waals surface area contributed by atoms with Gasteiger partial charge in [-0.3, -0.25) is 14.7 Å². The molecular formula is C6H3Cl2NO6S. The van der Waals surface area contributed by atoms with Crippen LogP contribution in [0.15, 0.2) is 11.0 Å². The lowest BCUT2D eigenvalue weighted by Crippen LogP contribution is -2.02. The van der Waals surface area contributed by atoms with Crippen LogP contribution in [0.25, 0.3) is 0 Å². The van der Waals surface area contributed by atoms with Crippen molar-refractivity contribution in [1.29, 1.82) is 0 Å². The van der Waals surface area contributed by atoms with E-state index in [4.69, 9.17) is 27.8 Å². The van der Waals surface area contributed by atoms with E-state index in [-0.39, 0.29) is 0 Å². The van der Waals surface area contributed by atoms with E-state index in [9.17, 15) is 23.6 Å². The molecule has 0 saturated carbocycles. The number of phenols is 1. The summed E-state index contributed by atoms with van der Waals surface area (Å²) in [6, 6.07) is 0.675. The monoisotopic (exact) mass is 287 g/mol. The van der Waals surface area contributed by atoms with E-state index >= 15 is 0 Å². The number of halogens is 2. The first-order valence-corrected chi connectivity index (χ1v) is 5.68. The molecule has 0 aromatic heterocycles. The summed E-state index contributed by atoms with van der Waals surface area (Å²) in [6.45, 7) is 0. The van der Waals surface area contributed by atoms with Crippen molar-refractivity contribution in [2.75, 3.05) is 0 Å². The van der Waals surface area contributed by atoms with Gasteiger partial charge < -0.3 is 5.11 Å². The number of nitro groups is 1. The molecule has 7 nitrogen and oxygen atoms in total. The van der Waals surface area contributed by atoms with Gasteiger partial charge in [-0.1, -0.05) is 23.2 Å². The van der Waals surface area contributed by atoms with E-state index in [2.05, 4.69) is 0 Å². The van der Waals surface area contributed by atoms with Crippen LogP contribution in [-0.2, 0) is 10.1 Å². The third kappa shape index (κ3) is 2.19. The number of hydrogen-bond donors (Lipinski definition) is 2. The molecule has 0 spiro atoms. The lowest BCUT2D eigenvalue weighted by Gasteiger charge is -2.05. The SMILES string of the molecule is O=[N+]([O-])c1cc(Cl)c(O)c(S(=O)(=O)O)c1Cl. The molecule has 0 aliphatic heterocycles. The largest absolute Gasteiger partial charge is 0.505 e. The van der Waals surface area contributed by atoms with Crippen molar-refractivity contribution in [3.8, 4) is 5.75 Å². The maximum Gasteiger partial charge on any atom is 0.300 e. The van der Waals surface area contributed by atoms with Crippen molar-refractivity contribution >= 4 is 39.0 Å². The maximum absolute atomic E-state index is 10.8. The Labute approximate surface area is 99.1 Å². The molecule has 88 valence electrons. The van der Waals surface area contributed by atoms with Crippen LogP contribution in [0, 0.1) is 10.1 Å². The lowest BCUT2D eigenvalue weighted by atomic mass is 10.3. The van der Waals surface area contributed by atoms with Gasteiger partial charge in [-0.05, 0) is 0 Å². The zero-order valence-corrected chi connectivity index (χ0v) is 9.54. The Hall–Kier alpha value is -1.09. The number of nitro benzene ring substituents is 1. The molecule has 1 aromatic rings. The molecule has 0 bridgehead atoms. The third-order valence-corrected chi connectivity index (χ3v) is 3.28. The normalized spacial score (nSPS) is 11.4. The highest BCUT2D eigenvalue weighted by Crippen LogP contribution is 2.42. The van der Waals surface area contributed by atoms with Crippen molar-refractivity contribution in [3.63, 3.8) is 0 Å². The first-order chi connectivity index (χ1) is 7.16. The summed E-state index contributed by atoms with van der Waals surface area (Å²) in [7, 11) is -4.91. The van der Waals surface area contributed by atoms with E-state index in [1.165, 1.54) is 0 Å². The number of hydrogen-bond acceptors (Lipinski definition) is 5. The Balaban J connectivity index is 3.80. The zero-order valence-electron chi connectivity index (χ0n) is 7.22. The average molecular weight is 288 g/mol. The lowest BCUT2D eigenvalue weighted by molar-refractivity contribution is -0.384. The first-order valence-electron chi connectivity index (χ1n) is 3.49. The van der Waals surface area contributed by atoms with Gasteiger partial charge in [-0.15, -0.1) is 0 Å². The number of nitrogens with zero attached hydrogens (tertiary/aromatic N) is 1. The molecule has 16 heavy (non-hydrogen) atoms. The van der Waals surface area contributed by atoms with Gasteiger partial charge in [0.15, 0.2) is 10.6 Å². The Morgan fingerprint density at radius 1 is 1.38 bits per heavy atom. The highest BCUT2D eigenvalue weighted by atomic mass is 35.5. The summed E-state index contributed by atoms with van der Waals surface area (Å²) in [5, 5.41) is 18.2. The quantitative estimate of drug-likeness (QED) is 0.487. The molecule has 0 heterocycles. The Morgan fingerprint density at radius 2 is 1.88 bits per heavy atom. The number of aromatic hydroxyl groups is 1. The minimum absolute atomic E-state index is 0.608. The van der Waals surface area contributed by atoms with Gasteiger partial charge in [0.05, 0.1) is 9.95 Å². The van der Waals surface area contributed by atoms with Gasteiger partial charge in [-0.25, -0.2) is 0 Å². The number of phenolic OH excluding ortho intramolecular Hbond substituents is 1. The molecular weight excluding hydrogens is 285 g/mol. The van der Waals surface area contributed by atoms with Crippen molar-refractivity contribution in [3.05, 3.63) is 26.2 Å². The molecule has 1 rings (SSSR count). The molecule has 10 heteroatoms. The Bertz CT molecular complexity index is 569. The molecule has 0 aliphatic carbocycles. The number of benzene rings is 1. The van der Waals surface area contributed by atoms with Crippen LogP contribution < -0.4 is 0 Å². The smallest absolute Gasteiger partial charge is 0.300 e. The van der Waals surface area contributed by atoms with E-state index < -0.39 is 41.4 Å². The molecule has 0 unspecified atom stereocenters. The van der Waals surface area contributed by atoms with E-state index in [0.29, 0.717) is 6.07 Å². The minimum Gasteiger partial charge on any atom is -0.505 e. The predicted molar refractivity (Wildman–Crippen MR) is 54.6 cm³/mol. The van der Waals surface area contributed by atoms with Crippen LogP contribution >= 0.6 is 23.2 Å². The van der Waals surface area contributed by atoms with Gasteiger partial charge in [0.2, 0.25) is 0 Å². The standard InChI is InChI=1S/C6H3Cl2NO6S/c7-2-1-3(9(11)12)4(8)6(5(2)10)16(13,14)15/h1,10H,(H,13,14,15). The molecule has 0 atom stereocenters. The topological polar surface area (TPSA) is 118 Å². The maximum atomic E-state index is 10.8. The van der Waals surface area contributed by atoms with Crippen molar-refractivity contribution in [1.82, 2.24) is 0 Å². The van der Waals surface area contributed by atoms with Gasteiger partial charge in [0.25, 0.3) is 15.8 Å². The van der Waals surface area contributed by atoms with Crippen molar-refractivity contribution < 1.29 is 23.0 Å². The van der Waals surface area contributed by atoms with Crippen LogP contribution in [-0.4, -0.2) is 23.0 Å². The highest BCUT2D eigenvalue weighted by Gasteiger charge is 2.29. The first kappa shape index (κ1) is 13.0. The van der Waals surface area contributed by atoms with Crippen LogP contribution in [0.5, 0.6) is 5.75 Å². The van der Waals surface area contributed by atoms with Crippen molar-refractivity contribution in [2.45, 2.75) is 4.90 Å². The summed E-state index contributed by atoms with van der Waals surface area (Å²) in [6.07, 6.45) is 0. The Morgan fingerprint density at radius 3 is 2.25 bits per heavy atom. The molecule has 0 radical (unpaired) electrons. The van der Waals surface area contributed by atoms with Crippen molar-refractivity contribution in [2.24, 2.45) is 0 Å². The summed E-state index contributed by atoms with van der Waals surface area (Å²) in [5.41, 5.74) is -0.836. The van der Waals surface area contributed by atoms with Gasteiger partial charge in [0.1, 0.15) is 5.02 Å². The zero-order chi connectivity index (χ0) is 12.7. The molecule has 0 aliphatic rings. The summed E-state index contributed by atoms with van der Waals surface area (Å²) >= 11 is 10.7. The summed E-state index contributed by atoms with van der Waals surface area (Å²) in [4.78, 5) is 8.28. The van der Waals surface area contributed by atoms with E-state index in [1.807, 2.05) is 0 Å². The van der Waals surface area contributed by atoms with Crippen LogP contribution in [0.3, 0.4) is 0 Å².